The van der Waals surface area contributed by atoms with Crippen LogP contribution in [-0.4, -0.2) is 28.1 Å². The Morgan fingerprint density at radius 2 is 1.58 bits per heavy atom. The predicted octanol–water partition coefficient (Wildman–Crippen LogP) is 3.56. The Morgan fingerprint density at radius 3 is 2.08 bits per heavy atom. The van der Waals surface area contributed by atoms with Crippen molar-refractivity contribution in [2.45, 2.75) is 58.5 Å². The van der Waals surface area contributed by atoms with Gasteiger partial charge >= 0.3 is 13.3 Å². The summed E-state index contributed by atoms with van der Waals surface area (Å²) in [7, 11) is -1.11. The third-order valence-electron chi connectivity index (χ3n) is 5.03. The van der Waals surface area contributed by atoms with Gasteiger partial charge in [0.15, 0.2) is 5.69 Å². The maximum Gasteiger partial charge on any atom is 0.498 e. The van der Waals surface area contributed by atoms with Crippen molar-refractivity contribution in [1.29, 1.82) is 0 Å². The average Bonchev–Trinajstić information content (AvgIpc) is 3.00. The lowest BCUT2D eigenvalue weighted by atomic mass is 9.79. The zero-order valence-electron chi connectivity index (χ0n) is 15.5. The highest BCUT2D eigenvalue weighted by Crippen LogP contribution is 2.37. The number of aromatic nitrogens is 2. The number of hydrogen-bond donors (Lipinski definition) is 0. The van der Waals surface area contributed by atoms with Gasteiger partial charge in [-0.3, -0.25) is 4.68 Å². The second kappa shape index (κ2) is 6.13. The van der Waals surface area contributed by atoms with Crippen molar-refractivity contribution >= 4 is 12.6 Å². The Bertz CT molecular complexity index is 782. The molecule has 0 amide bonds. The van der Waals surface area contributed by atoms with Crippen molar-refractivity contribution in [1.82, 2.24) is 9.78 Å². The van der Waals surface area contributed by atoms with Gasteiger partial charge in [-0.15, -0.1) is 0 Å². The molecule has 1 fully saturated rings. The summed E-state index contributed by atoms with van der Waals surface area (Å²) in [5, 5.41) is 3.77. The van der Waals surface area contributed by atoms with Gasteiger partial charge in [-0.05, 0) is 40.2 Å². The topological polar surface area (TPSA) is 36.3 Å². The van der Waals surface area contributed by atoms with Crippen molar-refractivity contribution in [2.24, 2.45) is 0 Å². The maximum atomic E-state index is 13.5. The zero-order valence-corrected chi connectivity index (χ0v) is 15.5. The van der Waals surface area contributed by atoms with Gasteiger partial charge in [0.25, 0.3) is 0 Å². The quantitative estimate of drug-likeness (QED) is 0.780. The molecule has 0 bridgehead atoms. The molecule has 0 radical (unpaired) electrons. The Labute approximate surface area is 151 Å². The summed E-state index contributed by atoms with van der Waals surface area (Å²) in [6, 6.07) is 7.58. The van der Waals surface area contributed by atoms with Crippen LogP contribution in [0.25, 0.3) is 0 Å². The molecule has 1 aromatic carbocycles. The molecule has 2 heterocycles. The van der Waals surface area contributed by atoms with Gasteiger partial charge in [-0.2, -0.15) is 18.3 Å². The van der Waals surface area contributed by atoms with E-state index in [4.69, 9.17) is 9.31 Å². The summed E-state index contributed by atoms with van der Waals surface area (Å²) in [5.74, 6) is 0. The molecule has 26 heavy (non-hydrogen) atoms. The predicted molar refractivity (Wildman–Crippen MR) is 93.2 cm³/mol. The molecule has 2 aromatic rings. The normalized spacial score (nSPS) is 19.2. The largest absolute Gasteiger partial charge is 0.498 e. The van der Waals surface area contributed by atoms with E-state index in [2.05, 4.69) is 5.10 Å². The van der Waals surface area contributed by atoms with Crippen molar-refractivity contribution in [2.75, 3.05) is 0 Å². The maximum absolute atomic E-state index is 13.5. The van der Waals surface area contributed by atoms with E-state index >= 15 is 0 Å². The van der Waals surface area contributed by atoms with Crippen molar-refractivity contribution < 1.29 is 22.5 Å². The third-order valence-corrected chi connectivity index (χ3v) is 5.03. The smallest absolute Gasteiger partial charge is 0.399 e. The Kier molecular flexibility index (Phi) is 4.47. The Morgan fingerprint density at radius 1 is 1.04 bits per heavy atom. The SMILES string of the molecule is Cc1ccc(Cn2cc(B3OC(C)(C)C(C)(C)O3)c(C(F)(F)F)n2)cc1. The first-order chi connectivity index (χ1) is 11.9. The number of halogens is 3. The minimum absolute atomic E-state index is 0.0942. The van der Waals surface area contributed by atoms with E-state index in [1.807, 2.05) is 31.2 Å². The van der Waals surface area contributed by atoms with Crippen LogP contribution in [0.3, 0.4) is 0 Å². The lowest BCUT2D eigenvalue weighted by molar-refractivity contribution is -0.140. The summed E-state index contributed by atoms with van der Waals surface area (Å²) in [6.07, 6.45) is -3.22. The first-order valence-electron chi connectivity index (χ1n) is 8.45. The van der Waals surface area contributed by atoms with Crippen LogP contribution < -0.4 is 5.46 Å². The molecule has 0 N–H and O–H groups in total. The minimum atomic E-state index is -4.59. The molecule has 0 atom stereocenters. The highest BCUT2D eigenvalue weighted by atomic mass is 19.4. The molecule has 0 aliphatic carbocycles. The molecule has 1 saturated heterocycles. The monoisotopic (exact) mass is 366 g/mol. The lowest BCUT2D eigenvalue weighted by Gasteiger charge is -2.32. The summed E-state index contributed by atoms with van der Waals surface area (Å²) in [4.78, 5) is 0. The Hall–Kier alpha value is -1.80. The van der Waals surface area contributed by atoms with Gasteiger partial charge in [0.2, 0.25) is 0 Å². The summed E-state index contributed by atoms with van der Waals surface area (Å²) >= 11 is 0. The second-order valence-corrected chi connectivity index (χ2v) is 7.70. The number of alkyl halides is 3. The van der Waals surface area contributed by atoms with Gasteiger partial charge in [0.1, 0.15) is 0 Å². The van der Waals surface area contributed by atoms with Crippen LogP contribution in [0.2, 0.25) is 0 Å². The van der Waals surface area contributed by atoms with Crippen LogP contribution in [0.15, 0.2) is 30.5 Å². The summed E-state index contributed by atoms with van der Waals surface area (Å²) in [6.45, 7) is 9.40. The van der Waals surface area contributed by atoms with Gasteiger partial charge in [0.05, 0.1) is 17.7 Å². The first kappa shape index (κ1) is 19.0. The van der Waals surface area contributed by atoms with E-state index < -0.39 is 30.2 Å². The molecular weight excluding hydrogens is 344 g/mol. The van der Waals surface area contributed by atoms with Crippen LogP contribution in [0, 0.1) is 6.92 Å². The van der Waals surface area contributed by atoms with E-state index in [0.717, 1.165) is 11.1 Å². The molecule has 0 saturated carbocycles. The highest BCUT2D eigenvalue weighted by Gasteiger charge is 2.54. The Balaban J connectivity index is 1.95. The molecule has 1 aliphatic heterocycles. The van der Waals surface area contributed by atoms with E-state index in [9.17, 15) is 13.2 Å². The van der Waals surface area contributed by atoms with E-state index in [0.29, 0.717) is 0 Å². The summed E-state index contributed by atoms with van der Waals surface area (Å²) in [5.41, 5.74) is -0.555. The molecule has 8 heteroatoms. The molecule has 1 aliphatic rings. The zero-order chi connectivity index (χ0) is 19.3. The van der Waals surface area contributed by atoms with Crippen LogP contribution in [0.1, 0.15) is 44.5 Å². The highest BCUT2D eigenvalue weighted by molar-refractivity contribution is 6.62. The number of aryl methyl sites for hydroxylation is 1. The molecule has 4 nitrogen and oxygen atoms in total. The molecule has 0 spiro atoms. The van der Waals surface area contributed by atoms with Gasteiger partial charge in [-0.25, -0.2) is 0 Å². The van der Waals surface area contributed by atoms with E-state index in [1.54, 1.807) is 27.7 Å². The first-order valence-corrected chi connectivity index (χ1v) is 8.45. The van der Waals surface area contributed by atoms with Gasteiger partial charge < -0.3 is 9.31 Å². The number of rotatable bonds is 3. The fourth-order valence-corrected chi connectivity index (χ4v) is 2.76. The van der Waals surface area contributed by atoms with Crippen molar-refractivity contribution in [3.05, 3.63) is 47.3 Å². The van der Waals surface area contributed by atoms with E-state index in [1.165, 1.54) is 10.9 Å². The number of benzene rings is 1. The molecule has 0 unspecified atom stereocenters. The third kappa shape index (κ3) is 3.53. The molecule has 1 aromatic heterocycles. The van der Waals surface area contributed by atoms with Crippen molar-refractivity contribution in [3.8, 4) is 0 Å². The fourth-order valence-electron chi connectivity index (χ4n) is 2.76. The standard InChI is InChI=1S/C18H22BF3N2O2/c1-12-6-8-13(9-7-12)10-24-11-14(15(23-24)18(20,21)22)19-25-16(2,3)17(4,5)26-19/h6-9,11H,10H2,1-5H3. The van der Waals surface area contributed by atoms with E-state index in [-0.39, 0.29) is 12.0 Å². The van der Waals surface area contributed by atoms with Gasteiger partial charge in [-0.1, -0.05) is 29.8 Å². The average molecular weight is 366 g/mol. The lowest BCUT2D eigenvalue weighted by Crippen LogP contribution is -2.41. The fraction of sp³-hybridized carbons (Fsp3) is 0.500. The molecule has 3 rings (SSSR count). The molecule has 140 valence electrons. The van der Waals surface area contributed by atoms with Crippen LogP contribution in [0.4, 0.5) is 13.2 Å². The molecular formula is C18H22BF3N2O2. The van der Waals surface area contributed by atoms with Crippen LogP contribution >= 0.6 is 0 Å². The van der Waals surface area contributed by atoms with Crippen molar-refractivity contribution in [3.63, 3.8) is 0 Å². The van der Waals surface area contributed by atoms with Crippen LogP contribution in [0.5, 0.6) is 0 Å². The second-order valence-electron chi connectivity index (χ2n) is 7.70. The minimum Gasteiger partial charge on any atom is -0.399 e. The number of hydrogen-bond acceptors (Lipinski definition) is 3. The summed E-state index contributed by atoms with van der Waals surface area (Å²) < 4.78 is 53.4. The number of nitrogens with zero attached hydrogens (tertiary/aromatic N) is 2. The van der Waals surface area contributed by atoms with Gasteiger partial charge in [0, 0.05) is 11.7 Å². The van der Waals surface area contributed by atoms with Crippen LogP contribution in [-0.2, 0) is 22.0 Å².